The predicted octanol–water partition coefficient (Wildman–Crippen LogP) is -0.774. The Kier molecular flexibility index (Phi) is 15.1. The number of aliphatic carboxylic acids is 1. The first kappa shape index (κ1) is 35.5. The average molecular weight is 613 g/mol. The molecule has 13 N–H and O–H groups in total. The van der Waals surface area contributed by atoms with E-state index in [2.05, 4.69) is 20.9 Å². The molecular weight excluding hydrogens is 568 g/mol. The normalized spacial score (nSPS) is 13.5. The number of hydrogen-bond acceptors (Lipinski definition) is 8. The maximum atomic E-state index is 13.7. The number of nitrogens with two attached hydrogens (primary N) is 4. The number of carboxylic acid groups (broad SMARTS) is 1. The lowest BCUT2D eigenvalue weighted by Crippen LogP contribution is -2.58. The molecule has 4 atom stereocenters. The van der Waals surface area contributed by atoms with E-state index in [0.717, 1.165) is 5.56 Å². The first-order valence-electron chi connectivity index (χ1n) is 14.5. The quantitative estimate of drug-likeness (QED) is 0.0543. The van der Waals surface area contributed by atoms with Crippen molar-refractivity contribution >= 4 is 29.7 Å². The number of aromatic hydroxyl groups is 1. The maximum absolute atomic E-state index is 13.7. The van der Waals surface area contributed by atoms with Gasteiger partial charge in [0.1, 0.15) is 23.9 Å². The van der Waals surface area contributed by atoms with E-state index in [0.29, 0.717) is 31.4 Å². The molecule has 0 aliphatic rings. The number of nitrogens with one attached hydrogen (secondary N) is 3. The lowest BCUT2D eigenvalue weighted by atomic mass is 10.0. The number of hydrogen-bond donors (Lipinski definition) is 9. The van der Waals surface area contributed by atoms with Crippen molar-refractivity contribution in [3.05, 3.63) is 65.7 Å². The Balaban J connectivity index is 2.27. The van der Waals surface area contributed by atoms with E-state index >= 15 is 0 Å². The van der Waals surface area contributed by atoms with E-state index in [1.54, 1.807) is 36.4 Å². The number of phenols is 1. The van der Waals surface area contributed by atoms with Crippen molar-refractivity contribution in [2.75, 3.05) is 13.1 Å². The highest BCUT2D eigenvalue weighted by molar-refractivity contribution is 5.94. The molecule has 0 bridgehead atoms. The minimum Gasteiger partial charge on any atom is -0.508 e. The van der Waals surface area contributed by atoms with E-state index in [1.807, 2.05) is 6.07 Å². The van der Waals surface area contributed by atoms with Crippen LogP contribution in [0, 0.1) is 0 Å². The largest absolute Gasteiger partial charge is 0.508 e. The average Bonchev–Trinajstić information content (AvgIpc) is 2.99. The van der Waals surface area contributed by atoms with Gasteiger partial charge in [-0.1, -0.05) is 48.9 Å². The van der Waals surface area contributed by atoms with Crippen molar-refractivity contribution in [1.29, 1.82) is 0 Å². The molecule has 0 aromatic heterocycles. The predicted molar refractivity (Wildman–Crippen MR) is 166 cm³/mol. The highest BCUT2D eigenvalue weighted by Gasteiger charge is 2.30. The molecule has 240 valence electrons. The molecule has 14 heteroatoms. The van der Waals surface area contributed by atoms with Crippen molar-refractivity contribution in [2.24, 2.45) is 27.9 Å². The van der Waals surface area contributed by atoms with Gasteiger partial charge in [-0.05, 0) is 55.5 Å². The van der Waals surface area contributed by atoms with E-state index in [4.69, 9.17) is 22.9 Å². The lowest BCUT2D eigenvalue weighted by molar-refractivity contribution is -0.142. The van der Waals surface area contributed by atoms with Crippen molar-refractivity contribution < 1.29 is 29.4 Å². The van der Waals surface area contributed by atoms with Gasteiger partial charge >= 0.3 is 5.97 Å². The van der Waals surface area contributed by atoms with Crippen molar-refractivity contribution in [3.8, 4) is 5.75 Å². The molecule has 0 radical (unpaired) electrons. The number of unbranched alkanes of at least 4 members (excludes halogenated alkanes) is 1. The van der Waals surface area contributed by atoms with Gasteiger partial charge in [-0.15, -0.1) is 0 Å². The van der Waals surface area contributed by atoms with Crippen LogP contribution in [0.3, 0.4) is 0 Å². The SMILES string of the molecule is NCCCCC(N)C(=O)NC(Cc1ccccc1)C(=O)NC(Cc1ccc(O)cc1)C(=O)NC(CCCN=C(N)N)C(=O)O. The van der Waals surface area contributed by atoms with Gasteiger partial charge in [0.05, 0.1) is 6.04 Å². The number of carbonyl (C=O) groups is 4. The third kappa shape index (κ3) is 13.1. The molecule has 3 amide bonds. The zero-order chi connectivity index (χ0) is 32.5. The van der Waals surface area contributed by atoms with Crippen LogP contribution in [0.2, 0.25) is 0 Å². The minimum atomic E-state index is -1.28. The summed E-state index contributed by atoms with van der Waals surface area (Å²) in [5.41, 5.74) is 23.6. The van der Waals surface area contributed by atoms with Gasteiger partial charge in [0.15, 0.2) is 5.96 Å². The molecule has 0 spiro atoms. The van der Waals surface area contributed by atoms with E-state index < -0.39 is 47.9 Å². The summed E-state index contributed by atoms with van der Waals surface area (Å²) in [5, 5.41) is 27.3. The molecule has 4 unspecified atom stereocenters. The summed E-state index contributed by atoms with van der Waals surface area (Å²) in [5.74, 6) is -3.32. The van der Waals surface area contributed by atoms with Gasteiger partial charge in [-0.25, -0.2) is 4.79 Å². The van der Waals surface area contributed by atoms with Gasteiger partial charge in [0.25, 0.3) is 0 Å². The molecule has 0 saturated carbocycles. The second kappa shape index (κ2) is 18.8. The number of carboxylic acids is 1. The maximum Gasteiger partial charge on any atom is 0.326 e. The Morgan fingerprint density at radius 2 is 1.27 bits per heavy atom. The molecule has 14 nitrogen and oxygen atoms in total. The lowest BCUT2D eigenvalue weighted by Gasteiger charge is -2.25. The first-order chi connectivity index (χ1) is 21.0. The summed E-state index contributed by atoms with van der Waals surface area (Å²) < 4.78 is 0. The van der Waals surface area contributed by atoms with Crippen molar-refractivity contribution in [3.63, 3.8) is 0 Å². The van der Waals surface area contributed by atoms with Gasteiger partial charge in [0, 0.05) is 19.4 Å². The number of aliphatic imine (C=N–C) groups is 1. The Bertz CT molecular complexity index is 1240. The van der Waals surface area contributed by atoms with Crippen LogP contribution in [0.4, 0.5) is 0 Å². The van der Waals surface area contributed by atoms with Crippen LogP contribution in [0.15, 0.2) is 59.6 Å². The number of phenolic OH excluding ortho intramolecular Hbond substituents is 1. The number of guanidine groups is 1. The molecule has 0 fully saturated rings. The number of carbonyl (C=O) groups excluding carboxylic acids is 3. The summed E-state index contributed by atoms with van der Waals surface area (Å²) in [6.45, 7) is 0.641. The topological polar surface area (TPSA) is 261 Å². The summed E-state index contributed by atoms with van der Waals surface area (Å²) in [6.07, 6.45) is 2.13. The third-order valence-corrected chi connectivity index (χ3v) is 6.79. The molecule has 0 saturated heterocycles. The van der Waals surface area contributed by atoms with Crippen molar-refractivity contribution in [1.82, 2.24) is 16.0 Å². The summed E-state index contributed by atoms with van der Waals surface area (Å²) >= 11 is 0. The van der Waals surface area contributed by atoms with Crippen molar-refractivity contribution in [2.45, 2.75) is 69.1 Å². The van der Waals surface area contributed by atoms with Crippen LogP contribution in [-0.4, -0.2) is 77.1 Å². The Labute approximate surface area is 256 Å². The van der Waals surface area contributed by atoms with Crippen LogP contribution in [-0.2, 0) is 32.0 Å². The molecule has 0 aliphatic heterocycles. The second-order valence-corrected chi connectivity index (χ2v) is 10.4. The van der Waals surface area contributed by atoms with Crippen LogP contribution < -0.4 is 38.9 Å². The molecule has 44 heavy (non-hydrogen) atoms. The Morgan fingerprint density at radius 3 is 1.82 bits per heavy atom. The van der Waals surface area contributed by atoms with E-state index in [9.17, 15) is 29.4 Å². The fraction of sp³-hybridized carbons (Fsp3) is 0.433. The highest BCUT2D eigenvalue weighted by atomic mass is 16.4. The van der Waals surface area contributed by atoms with Crippen LogP contribution in [0.1, 0.15) is 43.2 Å². The van der Waals surface area contributed by atoms with Gasteiger partial charge in [0.2, 0.25) is 17.7 Å². The fourth-order valence-electron chi connectivity index (χ4n) is 4.36. The van der Waals surface area contributed by atoms with Crippen LogP contribution in [0.5, 0.6) is 5.75 Å². The molecule has 0 aliphatic carbocycles. The monoisotopic (exact) mass is 612 g/mol. The summed E-state index contributed by atoms with van der Waals surface area (Å²) in [7, 11) is 0. The van der Waals surface area contributed by atoms with E-state index in [1.165, 1.54) is 12.1 Å². The van der Waals surface area contributed by atoms with Gasteiger partial charge in [-0.3, -0.25) is 19.4 Å². The van der Waals surface area contributed by atoms with E-state index in [-0.39, 0.29) is 43.9 Å². The Hall–Kier alpha value is -4.69. The molecule has 0 heterocycles. The van der Waals surface area contributed by atoms with Crippen LogP contribution in [0.25, 0.3) is 0 Å². The standard InChI is InChI=1S/C30H44N8O6/c31-15-5-4-9-22(32)26(40)37-24(17-19-7-2-1-3-8-19)28(42)38-25(18-20-11-13-21(39)14-12-20)27(41)36-23(29(43)44)10-6-16-35-30(33)34/h1-3,7-8,11-14,22-25,39H,4-6,9-10,15-18,31-32H2,(H,36,41)(H,37,40)(H,38,42)(H,43,44)(H4,33,34,35). The second-order valence-electron chi connectivity index (χ2n) is 10.4. The molecular formula is C30H44N8O6. The number of rotatable bonds is 19. The fourth-order valence-corrected chi connectivity index (χ4v) is 4.36. The number of nitrogens with zero attached hydrogens (tertiary/aromatic N) is 1. The van der Waals surface area contributed by atoms with Crippen LogP contribution >= 0.6 is 0 Å². The number of amides is 3. The minimum absolute atomic E-state index is 0.0129. The highest BCUT2D eigenvalue weighted by Crippen LogP contribution is 2.13. The molecule has 2 aromatic rings. The zero-order valence-electron chi connectivity index (χ0n) is 24.7. The molecule has 2 aromatic carbocycles. The zero-order valence-corrected chi connectivity index (χ0v) is 24.7. The third-order valence-electron chi connectivity index (χ3n) is 6.79. The summed E-state index contributed by atoms with van der Waals surface area (Å²) in [4.78, 5) is 55.8. The number of benzene rings is 2. The first-order valence-corrected chi connectivity index (χ1v) is 14.5. The summed E-state index contributed by atoms with van der Waals surface area (Å²) in [6, 6.07) is 10.6. The Morgan fingerprint density at radius 1 is 0.727 bits per heavy atom. The van der Waals surface area contributed by atoms with Gasteiger partial charge in [-0.2, -0.15) is 0 Å². The van der Waals surface area contributed by atoms with Gasteiger partial charge < -0.3 is 49.1 Å². The molecule has 2 rings (SSSR count). The smallest absolute Gasteiger partial charge is 0.326 e.